The maximum absolute atomic E-state index is 13.0. The van der Waals surface area contributed by atoms with E-state index in [9.17, 15) is 24.5 Å². The van der Waals surface area contributed by atoms with Crippen molar-refractivity contribution in [3.05, 3.63) is 85.1 Å². The molecule has 0 saturated heterocycles. The van der Waals surface area contributed by atoms with Crippen molar-refractivity contribution in [2.45, 2.75) is 218 Å². The molecule has 10 heteroatoms. The highest BCUT2D eigenvalue weighted by atomic mass is 31.2. The topological polar surface area (TPSA) is 125 Å². The largest absolute Gasteiger partial charge is 0.472 e. The molecule has 4 unspecified atom stereocenters. The van der Waals surface area contributed by atoms with Gasteiger partial charge in [0.2, 0.25) is 5.91 Å². The van der Waals surface area contributed by atoms with Crippen LogP contribution in [0.1, 0.15) is 200 Å². The number of nitrogens with zero attached hydrogens (tertiary/aromatic N) is 1. The summed E-state index contributed by atoms with van der Waals surface area (Å²) in [5.41, 5.74) is 0. The third-order valence-electron chi connectivity index (χ3n) is 11.2. The van der Waals surface area contributed by atoms with Crippen LogP contribution < -0.4 is 5.32 Å². The molecule has 0 aromatic rings. The molecule has 1 amide bonds. The highest BCUT2D eigenvalue weighted by molar-refractivity contribution is 7.47. The first-order valence-electron chi connectivity index (χ1n) is 26.0. The Labute approximate surface area is 399 Å². The number of amides is 1. The second-order valence-electron chi connectivity index (χ2n) is 18.6. The van der Waals surface area contributed by atoms with Crippen LogP contribution in [0.3, 0.4) is 0 Å². The van der Waals surface area contributed by atoms with Crippen molar-refractivity contribution >= 4 is 13.7 Å². The fourth-order valence-corrected chi connectivity index (χ4v) is 7.80. The van der Waals surface area contributed by atoms with Crippen LogP contribution in [0, 0.1) is 0 Å². The van der Waals surface area contributed by atoms with E-state index in [1.54, 1.807) is 0 Å². The maximum atomic E-state index is 13.0. The zero-order valence-corrected chi connectivity index (χ0v) is 43.2. The Morgan fingerprint density at radius 1 is 0.554 bits per heavy atom. The molecule has 4 atom stereocenters. The van der Waals surface area contributed by atoms with Crippen LogP contribution >= 0.6 is 7.82 Å². The van der Waals surface area contributed by atoms with Crippen LogP contribution in [0.4, 0.5) is 0 Å². The van der Waals surface area contributed by atoms with E-state index in [1.807, 2.05) is 21.1 Å². The van der Waals surface area contributed by atoms with Gasteiger partial charge in [0.05, 0.1) is 39.9 Å². The molecule has 65 heavy (non-hydrogen) atoms. The summed E-state index contributed by atoms with van der Waals surface area (Å²) in [6.45, 7) is 4.42. The molecule has 0 fully saturated rings. The molecule has 4 N–H and O–H groups in total. The number of hydrogen-bond acceptors (Lipinski definition) is 6. The molecule has 0 spiro atoms. The lowest BCUT2D eigenvalue weighted by molar-refractivity contribution is -0.870. The van der Waals surface area contributed by atoms with Gasteiger partial charge in [0.15, 0.2) is 0 Å². The predicted octanol–water partition coefficient (Wildman–Crippen LogP) is 14.3. The number of hydrogen-bond donors (Lipinski definition) is 4. The van der Waals surface area contributed by atoms with Crippen molar-refractivity contribution in [2.75, 3.05) is 40.9 Å². The van der Waals surface area contributed by atoms with Gasteiger partial charge < -0.3 is 24.9 Å². The van der Waals surface area contributed by atoms with Gasteiger partial charge in [-0.05, 0) is 96.3 Å². The van der Waals surface area contributed by atoms with Gasteiger partial charge in [-0.2, -0.15) is 0 Å². The normalized spacial score (nSPS) is 15.3. The molecule has 0 saturated carbocycles. The number of nitrogens with one attached hydrogen (secondary N) is 1. The Balaban J connectivity index is 4.26. The van der Waals surface area contributed by atoms with E-state index < -0.39 is 32.7 Å². The van der Waals surface area contributed by atoms with E-state index in [-0.39, 0.29) is 18.9 Å². The second-order valence-corrected chi connectivity index (χ2v) is 20.1. The minimum atomic E-state index is -4.43. The van der Waals surface area contributed by atoms with Crippen molar-refractivity contribution in [3.63, 3.8) is 0 Å². The van der Waals surface area contributed by atoms with E-state index in [4.69, 9.17) is 9.05 Å². The number of unbranched alkanes of at least 4 members (excludes halogenated alkanes) is 18. The van der Waals surface area contributed by atoms with Crippen molar-refractivity contribution in [2.24, 2.45) is 0 Å². The van der Waals surface area contributed by atoms with E-state index in [0.717, 1.165) is 77.0 Å². The molecule has 0 aliphatic heterocycles. The van der Waals surface area contributed by atoms with Gasteiger partial charge in [-0.3, -0.25) is 13.8 Å². The molecule has 0 aromatic carbocycles. The molecular weight excluding hydrogens is 832 g/mol. The number of rotatable bonds is 46. The quantitative estimate of drug-likeness (QED) is 0.0207. The summed E-state index contributed by atoms with van der Waals surface area (Å²) in [5, 5.41) is 24.7. The zero-order chi connectivity index (χ0) is 48.0. The Hall–Kier alpha value is -2.36. The standard InChI is InChI=1S/C55H99N2O7P/c1-6-8-10-12-14-16-18-20-21-22-23-24-25-26-27-28-29-30-31-32-33-34-35-36-38-40-42-44-46-48-54(59)56-52(51-64-65(61,62)63-50-49-57(3,4)5)55(60)53(58)47-45-43-41-39-37-19-17-15-13-11-9-7-2/h8,10,14-17,20-21,23-24,26-27,39,41,52-53,55,58,60H,6-7,9,11-13,18-19,22,25,28-38,40,42-51H2,1-5H3,(H-,56,59,61,62)/p+1/b10-8-,16-14-,17-15+,21-20-,24-23-,27-26-,41-39+. The fraction of sp³-hybridized carbons (Fsp3) is 0.727. The van der Waals surface area contributed by atoms with Gasteiger partial charge in [0.25, 0.3) is 0 Å². The van der Waals surface area contributed by atoms with E-state index in [2.05, 4.69) is 104 Å². The van der Waals surface area contributed by atoms with Gasteiger partial charge in [0, 0.05) is 6.42 Å². The minimum absolute atomic E-state index is 0.0101. The van der Waals surface area contributed by atoms with Gasteiger partial charge in [-0.15, -0.1) is 0 Å². The van der Waals surface area contributed by atoms with Crippen LogP contribution in [0.25, 0.3) is 0 Å². The predicted molar refractivity (Wildman–Crippen MR) is 278 cm³/mol. The summed E-state index contributed by atoms with van der Waals surface area (Å²) in [6, 6.07) is -1.06. The third-order valence-corrected chi connectivity index (χ3v) is 12.2. The van der Waals surface area contributed by atoms with E-state index in [1.165, 1.54) is 83.5 Å². The molecule has 0 rings (SSSR count). The number of aliphatic hydroxyl groups is 2. The summed E-state index contributed by atoms with van der Waals surface area (Å²) in [4.78, 5) is 23.3. The molecule has 0 aliphatic rings. The number of carbonyl (C=O) groups is 1. The van der Waals surface area contributed by atoms with Crippen LogP contribution in [-0.2, 0) is 18.4 Å². The Morgan fingerprint density at radius 3 is 1.46 bits per heavy atom. The molecular formula is C55H100N2O7P+. The molecule has 0 radical (unpaired) electrons. The van der Waals surface area contributed by atoms with E-state index in [0.29, 0.717) is 30.3 Å². The number of allylic oxidation sites excluding steroid dienone is 14. The Bertz CT molecular complexity index is 1350. The van der Waals surface area contributed by atoms with Crippen LogP contribution in [0.15, 0.2) is 85.1 Å². The lowest BCUT2D eigenvalue weighted by Crippen LogP contribution is -2.51. The maximum Gasteiger partial charge on any atom is 0.472 e. The van der Waals surface area contributed by atoms with Crippen LogP contribution in [-0.4, -0.2) is 84.6 Å². The molecule has 0 aliphatic carbocycles. The minimum Gasteiger partial charge on any atom is -0.390 e. The summed E-state index contributed by atoms with van der Waals surface area (Å²) >= 11 is 0. The number of likely N-dealkylation sites (N-methyl/N-ethyl adjacent to an activating group) is 1. The summed E-state index contributed by atoms with van der Waals surface area (Å²) < 4.78 is 23.5. The SMILES string of the molecule is CC/C=C\C/C=C\C/C=C\C/C=C\C/C=C\CCCCCCCCCCCCCCCC(=O)NC(COP(=O)(O)OCC[N+](C)(C)C)C(O)C(O)CCC/C=C/CC/C=C/CCCCC. The molecule has 9 nitrogen and oxygen atoms in total. The lowest BCUT2D eigenvalue weighted by atomic mass is 10.0. The number of carbonyl (C=O) groups excluding carboxylic acids is 1. The number of phosphoric ester groups is 1. The fourth-order valence-electron chi connectivity index (χ4n) is 7.07. The second kappa shape index (κ2) is 45.4. The monoisotopic (exact) mass is 932 g/mol. The highest BCUT2D eigenvalue weighted by Crippen LogP contribution is 2.43. The first-order chi connectivity index (χ1) is 31.4. The zero-order valence-electron chi connectivity index (χ0n) is 42.3. The number of phosphoric acid groups is 1. The van der Waals surface area contributed by atoms with Crippen molar-refractivity contribution in [1.82, 2.24) is 5.32 Å². The summed E-state index contributed by atoms with van der Waals surface area (Å²) in [7, 11) is 1.40. The van der Waals surface area contributed by atoms with E-state index >= 15 is 0 Å². The lowest BCUT2D eigenvalue weighted by Gasteiger charge is -2.28. The average molecular weight is 932 g/mol. The average Bonchev–Trinajstić information content (AvgIpc) is 3.26. The van der Waals surface area contributed by atoms with Crippen molar-refractivity contribution in [1.29, 1.82) is 0 Å². The molecule has 376 valence electrons. The van der Waals surface area contributed by atoms with Gasteiger partial charge >= 0.3 is 7.82 Å². The smallest absolute Gasteiger partial charge is 0.390 e. The van der Waals surface area contributed by atoms with Crippen molar-refractivity contribution in [3.8, 4) is 0 Å². The van der Waals surface area contributed by atoms with Crippen molar-refractivity contribution < 1.29 is 38.0 Å². The van der Waals surface area contributed by atoms with Gasteiger partial charge in [-0.1, -0.05) is 182 Å². The van der Waals surface area contributed by atoms with Gasteiger partial charge in [-0.25, -0.2) is 4.57 Å². The first kappa shape index (κ1) is 62.6. The summed E-state index contributed by atoms with van der Waals surface area (Å²) in [5.74, 6) is -0.278. The van der Waals surface area contributed by atoms with Crippen LogP contribution in [0.2, 0.25) is 0 Å². The molecule has 0 aromatic heterocycles. The van der Waals surface area contributed by atoms with Gasteiger partial charge in [0.1, 0.15) is 19.3 Å². The summed E-state index contributed by atoms with van der Waals surface area (Å²) in [6.07, 6.45) is 59.5. The Morgan fingerprint density at radius 2 is 0.969 bits per heavy atom. The molecule has 0 heterocycles. The van der Waals surface area contributed by atoms with Crippen LogP contribution in [0.5, 0.6) is 0 Å². The third kappa shape index (κ3) is 46.5. The molecule has 0 bridgehead atoms. The first-order valence-corrected chi connectivity index (χ1v) is 27.5. The number of quaternary nitrogens is 1. The Kier molecular flexibility index (Phi) is 43.8. The highest BCUT2D eigenvalue weighted by Gasteiger charge is 2.31. The number of aliphatic hydroxyl groups excluding tert-OH is 2.